The van der Waals surface area contributed by atoms with Crippen molar-refractivity contribution in [3.8, 4) is 5.69 Å². The van der Waals surface area contributed by atoms with E-state index in [9.17, 15) is 9.59 Å². The number of nitrogens with one attached hydrogen (secondary N) is 1. The first-order chi connectivity index (χ1) is 13.9. The highest BCUT2D eigenvalue weighted by Gasteiger charge is 2.30. The lowest BCUT2D eigenvalue weighted by Gasteiger charge is -2.22. The van der Waals surface area contributed by atoms with Crippen molar-refractivity contribution in [3.05, 3.63) is 77.6 Å². The van der Waals surface area contributed by atoms with Crippen LogP contribution < -0.4 is 5.32 Å². The van der Waals surface area contributed by atoms with Crippen molar-refractivity contribution in [1.29, 1.82) is 0 Å². The second-order valence-electron chi connectivity index (χ2n) is 7.25. The van der Waals surface area contributed by atoms with Crippen LogP contribution in [0.15, 0.2) is 60.8 Å². The Morgan fingerprint density at radius 2 is 1.72 bits per heavy atom. The van der Waals surface area contributed by atoms with Gasteiger partial charge in [-0.3, -0.25) is 9.59 Å². The maximum absolute atomic E-state index is 12.8. The second-order valence-corrected chi connectivity index (χ2v) is 7.25. The third kappa shape index (κ3) is 4.06. The maximum Gasteiger partial charge on any atom is 0.315 e. The number of carbonyl (C=O) groups is 2. The monoisotopic (exact) mass is 391 g/mol. The lowest BCUT2D eigenvalue weighted by Crippen LogP contribution is -2.30. The Hall–Kier alpha value is -3.41. The number of carbonyl (C=O) groups excluding carboxylic acids is 2. The van der Waals surface area contributed by atoms with Crippen LogP contribution in [0.3, 0.4) is 0 Å². The van der Waals surface area contributed by atoms with Crippen LogP contribution in [0.1, 0.15) is 42.4 Å². The van der Waals surface area contributed by atoms with Crippen LogP contribution >= 0.6 is 0 Å². The van der Waals surface area contributed by atoms with Crippen LogP contribution in [-0.4, -0.2) is 28.8 Å². The van der Waals surface area contributed by atoms with E-state index in [1.54, 1.807) is 36.9 Å². The highest BCUT2D eigenvalue weighted by atomic mass is 16.5. The number of methoxy groups -OCH3 is 1. The number of hydrogen-bond acceptors (Lipinski definition) is 4. The molecule has 3 aromatic rings. The van der Waals surface area contributed by atoms with Crippen LogP contribution in [-0.2, 0) is 21.4 Å². The first-order valence-corrected chi connectivity index (χ1v) is 9.51. The van der Waals surface area contributed by atoms with Crippen LogP contribution in [0.4, 0.5) is 5.69 Å². The van der Waals surface area contributed by atoms with Gasteiger partial charge in [0.05, 0.1) is 35.7 Å². The summed E-state index contributed by atoms with van der Waals surface area (Å²) in [5.74, 6) is -0.529. The fraction of sp³-hybridized carbons (Fsp3) is 0.261. The van der Waals surface area contributed by atoms with E-state index in [1.807, 2.05) is 49.4 Å². The van der Waals surface area contributed by atoms with Crippen LogP contribution in [0.2, 0.25) is 0 Å². The van der Waals surface area contributed by atoms with Gasteiger partial charge < -0.3 is 10.1 Å². The van der Waals surface area contributed by atoms with E-state index in [2.05, 4.69) is 10.4 Å². The van der Waals surface area contributed by atoms with Crippen molar-refractivity contribution < 1.29 is 14.3 Å². The zero-order chi connectivity index (χ0) is 21.0. The third-order valence-corrected chi connectivity index (χ3v) is 5.01. The third-order valence-electron chi connectivity index (χ3n) is 5.01. The molecule has 0 spiro atoms. The predicted molar refractivity (Wildman–Crippen MR) is 112 cm³/mol. The molecule has 0 aliphatic carbocycles. The Bertz CT molecular complexity index is 1010. The quantitative estimate of drug-likeness (QED) is 0.641. The highest BCUT2D eigenvalue weighted by Crippen LogP contribution is 2.26. The van der Waals surface area contributed by atoms with Gasteiger partial charge in [-0.1, -0.05) is 37.3 Å². The fourth-order valence-corrected chi connectivity index (χ4v) is 3.24. The van der Waals surface area contributed by atoms with Crippen molar-refractivity contribution in [2.45, 2.75) is 32.6 Å². The minimum absolute atomic E-state index is 0.219. The number of benzene rings is 2. The first-order valence-electron chi connectivity index (χ1n) is 9.51. The molecule has 29 heavy (non-hydrogen) atoms. The van der Waals surface area contributed by atoms with Crippen LogP contribution in [0, 0.1) is 0 Å². The lowest BCUT2D eigenvalue weighted by molar-refractivity contribution is -0.146. The lowest BCUT2D eigenvalue weighted by atomic mass is 9.85. The highest BCUT2D eigenvalue weighted by molar-refractivity contribution is 6.05. The van der Waals surface area contributed by atoms with E-state index >= 15 is 0 Å². The molecule has 0 atom stereocenters. The van der Waals surface area contributed by atoms with Gasteiger partial charge >= 0.3 is 5.97 Å². The second kappa shape index (κ2) is 8.31. The molecular formula is C23H25N3O3. The first kappa shape index (κ1) is 20.3. The molecule has 6 nitrogen and oxygen atoms in total. The number of rotatable bonds is 6. The van der Waals surface area contributed by atoms with Crippen molar-refractivity contribution in [2.75, 3.05) is 12.4 Å². The molecule has 0 radical (unpaired) electrons. The van der Waals surface area contributed by atoms with Crippen LogP contribution in [0.25, 0.3) is 5.69 Å². The van der Waals surface area contributed by atoms with Gasteiger partial charge in [0.1, 0.15) is 0 Å². The number of anilines is 1. The molecule has 1 N–H and O–H groups in total. The van der Waals surface area contributed by atoms with E-state index in [1.165, 1.54) is 7.11 Å². The van der Waals surface area contributed by atoms with Gasteiger partial charge in [0.25, 0.3) is 5.91 Å². The van der Waals surface area contributed by atoms with Gasteiger partial charge in [0, 0.05) is 5.69 Å². The van der Waals surface area contributed by atoms with Gasteiger partial charge in [-0.25, -0.2) is 4.68 Å². The Morgan fingerprint density at radius 1 is 1.07 bits per heavy atom. The molecular weight excluding hydrogens is 366 g/mol. The normalized spacial score (nSPS) is 11.2. The Balaban J connectivity index is 1.81. The Morgan fingerprint density at radius 3 is 2.31 bits per heavy atom. The fourth-order valence-electron chi connectivity index (χ4n) is 3.24. The SMILES string of the molecule is CCc1c(C(=O)Nc2ccc(C(C)(C)C(=O)OC)cc2)cnn1-c1ccccc1. The molecule has 6 heteroatoms. The summed E-state index contributed by atoms with van der Waals surface area (Å²) in [7, 11) is 1.37. The average Bonchev–Trinajstić information content (AvgIpc) is 3.18. The Kier molecular flexibility index (Phi) is 5.82. The zero-order valence-electron chi connectivity index (χ0n) is 17.1. The number of hydrogen-bond donors (Lipinski definition) is 1. The van der Waals surface area contributed by atoms with E-state index < -0.39 is 5.41 Å². The van der Waals surface area contributed by atoms with Crippen molar-refractivity contribution in [2.24, 2.45) is 0 Å². The summed E-state index contributed by atoms with van der Waals surface area (Å²) < 4.78 is 6.66. The number of aromatic nitrogens is 2. The molecule has 0 unspecified atom stereocenters. The van der Waals surface area contributed by atoms with E-state index in [0.29, 0.717) is 17.7 Å². The molecule has 1 heterocycles. The maximum atomic E-state index is 12.8. The summed E-state index contributed by atoms with van der Waals surface area (Å²) in [4.78, 5) is 24.8. The molecule has 2 aromatic carbocycles. The minimum Gasteiger partial charge on any atom is -0.468 e. The number of para-hydroxylation sites is 1. The molecule has 0 fully saturated rings. The van der Waals surface area contributed by atoms with Crippen molar-refractivity contribution in [3.63, 3.8) is 0 Å². The number of amides is 1. The van der Waals surface area contributed by atoms with E-state index in [0.717, 1.165) is 16.9 Å². The summed E-state index contributed by atoms with van der Waals surface area (Å²) in [6.45, 7) is 5.60. The molecule has 0 aliphatic rings. The van der Waals surface area contributed by atoms with Gasteiger partial charge in [-0.15, -0.1) is 0 Å². The molecule has 0 bridgehead atoms. The molecule has 0 aliphatic heterocycles. The largest absolute Gasteiger partial charge is 0.468 e. The number of ether oxygens (including phenoxy) is 1. The average molecular weight is 391 g/mol. The molecule has 1 aromatic heterocycles. The summed E-state index contributed by atoms with van der Waals surface area (Å²) in [5, 5.41) is 7.31. The van der Waals surface area contributed by atoms with E-state index in [-0.39, 0.29) is 11.9 Å². The topological polar surface area (TPSA) is 73.2 Å². The van der Waals surface area contributed by atoms with E-state index in [4.69, 9.17) is 4.74 Å². The Labute approximate surface area is 170 Å². The number of nitrogens with zero attached hydrogens (tertiary/aromatic N) is 2. The minimum atomic E-state index is -0.760. The molecule has 150 valence electrons. The molecule has 0 saturated heterocycles. The van der Waals surface area contributed by atoms with Crippen molar-refractivity contribution >= 4 is 17.6 Å². The van der Waals surface area contributed by atoms with Crippen LogP contribution in [0.5, 0.6) is 0 Å². The van der Waals surface area contributed by atoms with Gasteiger partial charge in [0.2, 0.25) is 0 Å². The van der Waals surface area contributed by atoms with Crippen molar-refractivity contribution in [1.82, 2.24) is 9.78 Å². The standard InChI is InChI=1S/C23H25N3O3/c1-5-20-19(15-24-26(20)18-9-7-6-8-10-18)21(27)25-17-13-11-16(12-14-17)23(2,3)22(28)29-4/h6-15H,5H2,1-4H3,(H,25,27). The summed E-state index contributed by atoms with van der Waals surface area (Å²) in [6, 6.07) is 16.9. The number of esters is 1. The molecule has 0 saturated carbocycles. The summed E-state index contributed by atoms with van der Waals surface area (Å²) >= 11 is 0. The van der Waals surface area contributed by atoms with Gasteiger partial charge in [-0.05, 0) is 50.1 Å². The smallest absolute Gasteiger partial charge is 0.315 e. The molecule has 1 amide bonds. The summed E-state index contributed by atoms with van der Waals surface area (Å²) in [5.41, 5.74) is 3.00. The zero-order valence-corrected chi connectivity index (χ0v) is 17.1. The van der Waals surface area contributed by atoms with Gasteiger partial charge in [-0.2, -0.15) is 5.10 Å². The van der Waals surface area contributed by atoms with Gasteiger partial charge in [0.15, 0.2) is 0 Å². The molecule has 3 rings (SSSR count). The summed E-state index contributed by atoms with van der Waals surface area (Å²) in [6.07, 6.45) is 2.26. The predicted octanol–water partition coefficient (Wildman–Crippen LogP) is 4.14.